The monoisotopic (exact) mass is 433 g/mol. The van der Waals surface area contributed by atoms with E-state index in [-0.39, 0.29) is 17.9 Å². The standard InChI is InChI=1S/C25H27N3O2S/c29-24(26-21-13-14-28(18-21)17-20-10-5-2-6-11-20)22(16-19-8-3-1-4-9-19)27-25(30)23-12-7-15-31-23/h1-12,15,21-22H,13-14,16-18H2,(H,26,29)(H,27,30). The van der Waals surface area contributed by atoms with Crippen LogP contribution in [0.2, 0.25) is 0 Å². The third-order valence-corrected chi connectivity index (χ3v) is 6.39. The van der Waals surface area contributed by atoms with Crippen molar-refractivity contribution >= 4 is 23.2 Å². The fourth-order valence-electron chi connectivity index (χ4n) is 3.93. The Labute approximate surface area is 187 Å². The number of rotatable bonds is 8. The van der Waals surface area contributed by atoms with E-state index in [2.05, 4.69) is 39.8 Å². The van der Waals surface area contributed by atoms with Crippen LogP contribution in [0, 0.1) is 0 Å². The van der Waals surface area contributed by atoms with Gasteiger partial charge in [0.1, 0.15) is 6.04 Å². The van der Waals surface area contributed by atoms with E-state index in [0.717, 1.165) is 31.6 Å². The topological polar surface area (TPSA) is 61.4 Å². The molecule has 2 unspecified atom stereocenters. The molecule has 2 N–H and O–H groups in total. The van der Waals surface area contributed by atoms with Crippen LogP contribution in [-0.2, 0) is 17.8 Å². The lowest BCUT2D eigenvalue weighted by molar-refractivity contribution is -0.123. The van der Waals surface area contributed by atoms with Crippen LogP contribution in [0.25, 0.3) is 0 Å². The molecule has 1 aliphatic heterocycles. The van der Waals surface area contributed by atoms with Gasteiger partial charge in [-0.25, -0.2) is 0 Å². The Kier molecular flexibility index (Phi) is 7.12. The van der Waals surface area contributed by atoms with Crippen molar-refractivity contribution in [1.82, 2.24) is 15.5 Å². The molecule has 4 rings (SSSR count). The highest BCUT2D eigenvalue weighted by atomic mass is 32.1. The van der Waals surface area contributed by atoms with Crippen molar-refractivity contribution in [3.63, 3.8) is 0 Å². The average Bonchev–Trinajstić information content (AvgIpc) is 3.47. The number of carbonyl (C=O) groups is 2. The van der Waals surface area contributed by atoms with Gasteiger partial charge in [-0.05, 0) is 29.0 Å². The van der Waals surface area contributed by atoms with Crippen LogP contribution in [0.5, 0.6) is 0 Å². The molecule has 0 saturated carbocycles. The smallest absolute Gasteiger partial charge is 0.262 e. The summed E-state index contributed by atoms with van der Waals surface area (Å²) in [4.78, 5) is 28.7. The lowest BCUT2D eigenvalue weighted by atomic mass is 10.0. The second-order valence-electron chi connectivity index (χ2n) is 7.91. The van der Waals surface area contributed by atoms with Crippen LogP contribution in [0.4, 0.5) is 0 Å². The van der Waals surface area contributed by atoms with Gasteiger partial charge in [0.15, 0.2) is 0 Å². The van der Waals surface area contributed by atoms with Crippen molar-refractivity contribution in [3.8, 4) is 0 Å². The summed E-state index contributed by atoms with van der Waals surface area (Å²) in [5, 5.41) is 7.97. The minimum absolute atomic E-state index is 0.0909. The molecule has 2 heterocycles. The van der Waals surface area contributed by atoms with Crippen molar-refractivity contribution in [1.29, 1.82) is 0 Å². The number of likely N-dealkylation sites (tertiary alicyclic amines) is 1. The third-order valence-electron chi connectivity index (χ3n) is 5.52. The Morgan fingerprint density at radius 3 is 2.35 bits per heavy atom. The van der Waals surface area contributed by atoms with Gasteiger partial charge in [-0.1, -0.05) is 66.7 Å². The fraction of sp³-hybridized carbons (Fsp3) is 0.280. The molecule has 0 spiro atoms. The molecule has 160 valence electrons. The highest BCUT2D eigenvalue weighted by Gasteiger charge is 2.28. The number of nitrogens with one attached hydrogen (secondary N) is 2. The molecule has 0 aliphatic carbocycles. The molecule has 1 fully saturated rings. The van der Waals surface area contributed by atoms with Crippen molar-refractivity contribution in [3.05, 3.63) is 94.2 Å². The molecule has 0 radical (unpaired) electrons. The largest absolute Gasteiger partial charge is 0.350 e. The summed E-state index contributed by atoms with van der Waals surface area (Å²) >= 11 is 1.37. The third kappa shape index (κ3) is 6.03. The second kappa shape index (κ2) is 10.4. The number of amides is 2. The number of hydrogen-bond acceptors (Lipinski definition) is 4. The molecule has 2 atom stereocenters. The van der Waals surface area contributed by atoms with Gasteiger partial charge < -0.3 is 10.6 Å². The van der Waals surface area contributed by atoms with Crippen molar-refractivity contribution < 1.29 is 9.59 Å². The Morgan fingerprint density at radius 2 is 1.68 bits per heavy atom. The quantitative estimate of drug-likeness (QED) is 0.572. The van der Waals surface area contributed by atoms with E-state index in [0.29, 0.717) is 11.3 Å². The van der Waals surface area contributed by atoms with Crippen molar-refractivity contribution in [2.24, 2.45) is 0 Å². The molecule has 1 aromatic heterocycles. The van der Waals surface area contributed by atoms with Gasteiger partial charge in [0, 0.05) is 32.1 Å². The van der Waals surface area contributed by atoms with Crippen LogP contribution in [0.1, 0.15) is 27.2 Å². The first kappa shape index (κ1) is 21.3. The highest BCUT2D eigenvalue weighted by Crippen LogP contribution is 2.15. The summed E-state index contributed by atoms with van der Waals surface area (Å²) in [6.07, 6.45) is 1.37. The minimum Gasteiger partial charge on any atom is -0.350 e. The molecule has 3 aromatic rings. The molecule has 1 saturated heterocycles. The Bertz CT molecular complexity index is 977. The van der Waals surface area contributed by atoms with E-state index in [4.69, 9.17) is 0 Å². The molecule has 2 aromatic carbocycles. The minimum atomic E-state index is -0.611. The van der Waals surface area contributed by atoms with E-state index >= 15 is 0 Å². The van der Waals surface area contributed by atoms with Crippen LogP contribution >= 0.6 is 11.3 Å². The maximum absolute atomic E-state index is 13.1. The molecule has 0 bridgehead atoms. The molecule has 31 heavy (non-hydrogen) atoms. The maximum Gasteiger partial charge on any atom is 0.262 e. The SMILES string of the molecule is O=C(NC(Cc1ccccc1)C(=O)NC1CCN(Cc2ccccc2)C1)c1cccs1. The average molecular weight is 434 g/mol. The number of nitrogens with zero attached hydrogens (tertiary/aromatic N) is 1. The van der Waals surface area contributed by atoms with Gasteiger partial charge >= 0.3 is 0 Å². The van der Waals surface area contributed by atoms with E-state index in [1.807, 2.05) is 47.8 Å². The van der Waals surface area contributed by atoms with Crippen LogP contribution in [-0.4, -0.2) is 41.9 Å². The normalized spacial score (nSPS) is 17.2. The molecule has 6 heteroatoms. The summed E-state index contributed by atoms with van der Waals surface area (Å²) in [6, 6.07) is 23.3. The lowest BCUT2D eigenvalue weighted by Gasteiger charge is -2.22. The van der Waals surface area contributed by atoms with Crippen LogP contribution in [0.3, 0.4) is 0 Å². The van der Waals surface area contributed by atoms with Crippen LogP contribution in [0.15, 0.2) is 78.2 Å². The van der Waals surface area contributed by atoms with Gasteiger partial charge in [-0.2, -0.15) is 0 Å². The summed E-state index contributed by atoms with van der Waals surface area (Å²) in [6.45, 7) is 2.65. The number of thiophene rings is 1. The highest BCUT2D eigenvalue weighted by molar-refractivity contribution is 7.12. The van der Waals surface area contributed by atoms with Gasteiger partial charge in [0.05, 0.1) is 4.88 Å². The maximum atomic E-state index is 13.1. The van der Waals surface area contributed by atoms with Crippen molar-refractivity contribution in [2.45, 2.75) is 31.5 Å². The van der Waals surface area contributed by atoms with Gasteiger partial charge in [0.25, 0.3) is 5.91 Å². The summed E-state index contributed by atoms with van der Waals surface area (Å²) in [7, 11) is 0. The Hall–Kier alpha value is -2.96. The molecule has 2 amide bonds. The molecular weight excluding hydrogens is 406 g/mol. The first-order chi connectivity index (χ1) is 15.2. The Balaban J connectivity index is 1.37. The van der Waals surface area contributed by atoms with Crippen molar-refractivity contribution in [2.75, 3.05) is 13.1 Å². The molecule has 5 nitrogen and oxygen atoms in total. The first-order valence-corrected chi connectivity index (χ1v) is 11.5. The lowest BCUT2D eigenvalue weighted by Crippen LogP contribution is -2.51. The van der Waals surface area contributed by atoms with Gasteiger partial charge in [-0.3, -0.25) is 14.5 Å². The molecule has 1 aliphatic rings. The number of carbonyl (C=O) groups excluding carboxylic acids is 2. The summed E-state index contributed by atoms with van der Waals surface area (Å²) < 4.78 is 0. The van der Waals surface area contributed by atoms with E-state index in [1.54, 1.807) is 6.07 Å². The summed E-state index contributed by atoms with van der Waals surface area (Å²) in [5.74, 6) is -0.330. The first-order valence-electron chi connectivity index (χ1n) is 10.6. The zero-order valence-corrected chi connectivity index (χ0v) is 18.2. The number of benzene rings is 2. The zero-order chi connectivity index (χ0) is 21.5. The zero-order valence-electron chi connectivity index (χ0n) is 17.4. The van der Waals surface area contributed by atoms with E-state index < -0.39 is 6.04 Å². The van der Waals surface area contributed by atoms with E-state index in [9.17, 15) is 9.59 Å². The number of hydrogen-bond donors (Lipinski definition) is 2. The Morgan fingerprint density at radius 1 is 0.968 bits per heavy atom. The van der Waals surface area contributed by atoms with Gasteiger partial charge in [0.2, 0.25) is 5.91 Å². The van der Waals surface area contributed by atoms with Crippen LogP contribution < -0.4 is 10.6 Å². The fourth-order valence-corrected chi connectivity index (χ4v) is 4.56. The molecular formula is C25H27N3O2S. The predicted molar refractivity (Wildman–Crippen MR) is 124 cm³/mol. The summed E-state index contributed by atoms with van der Waals surface area (Å²) in [5.41, 5.74) is 2.30. The van der Waals surface area contributed by atoms with Gasteiger partial charge in [-0.15, -0.1) is 11.3 Å². The van der Waals surface area contributed by atoms with E-state index in [1.165, 1.54) is 16.9 Å². The predicted octanol–water partition coefficient (Wildman–Crippen LogP) is 3.48. The second-order valence-corrected chi connectivity index (χ2v) is 8.86.